The fourth-order valence-corrected chi connectivity index (χ4v) is 1.87. The third-order valence-electron chi connectivity index (χ3n) is 3.01. The van der Waals surface area contributed by atoms with E-state index in [0.29, 0.717) is 0 Å². The molecule has 2 amide bonds. The lowest BCUT2D eigenvalue weighted by atomic mass is 10.2. The number of hydrazone groups is 2. The molecule has 2 aromatic rings. The summed E-state index contributed by atoms with van der Waals surface area (Å²) in [6.07, 6.45) is 2.23. The molecule has 0 spiro atoms. The Labute approximate surface area is 146 Å². The fraction of sp³-hybridized carbons (Fsp3) is 0. The van der Waals surface area contributed by atoms with Gasteiger partial charge in [0, 0.05) is 12.1 Å². The molecule has 0 bridgehead atoms. The summed E-state index contributed by atoms with van der Waals surface area (Å²) in [4.78, 5) is 32.1. The van der Waals surface area contributed by atoms with E-state index in [0.717, 1.165) is 12.4 Å². The predicted octanol–water partition coefficient (Wildman–Crippen LogP) is 2.17. The number of carbonyl (C=O) groups is 1. The molecule has 11 heteroatoms. The SMILES string of the molecule is O=C(N/N=C\c1ccccc1[N+](=O)[O-])N/N=C/c1ccccc1[N+](=O)[O-]. The standard InChI is InChI=1S/C15H12N6O5/c22-15(18-16-9-11-5-1-3-7-13(11)20(23)24)19-17-10-12-6-2-4-8-14(12)21(25)26/h1-10H,(H2,18,19,22)/b16-9-,17-10+. The number of nitrogens with zero attached hydrogens (tertiary/aromatic N) is 4. The van der Waals surface area contributed by atoms with Gasteiger partial charge in [0.15, 0.2) is 0 Å². The van der Waals surface area contributed by atoms with Gasteiger partial charge in [-0.05, 0) is 12.1 Å². The van der Waals surface area contributed by atoms with E-state index < -0.39 is 15.9 Å². The van der Waals surface area contributed by atoms with Crippen LogP contribution in [0.5, 0.6) is 0 Å². The first-order valence-corrected chi connectivity index (χ1v) is 7.08. The van der Waals surface area contributed by atoms with Crippen molar-refractivity contribution in [3.63, 3.8) is 0 Å². The van der Waals surface area contributed by atoms with Crippen LogP contribution in [0.25, 0.3) is 0 Å². The van der Waals surface area contributed by atoms with E-state index in [2.05, 4.69) is 21.1 Å². The maximum absolute atomic E-state index is 11.5. The Hall–Kier alpha value is -4.15. The van der Waals surface area contributed by atoms with Gasteiger partial charge in [0.05, 0.1) is 33.4 Å². The van der Waals surface area contributed by atoms with Crippen LogP contribution in [0, 0.1) is 20.2 Å². The topological polar surface area (TPSA) is 152 Å². The van der Waals surface area contributed by atoms with Crippen molar-refractivity contribution < 1.29 is 14.6 Å². The van der Waals surface area contributed by atoms with Crippen LogP contribution in [-0.4, -0.2) is 28.3 Å². The van der Waals surface area contributed by atoms with Gasteiger partial charge in [-0.1, -0.05) is 24.3 Å². The first-order chi connectivity index (χ1) is 12.5. The smallest absolute Gasteiger partial charge is 0.258 e. The van der Waals surface area contributed by atoms with Crippen molar-refractivity contribution in [2.45, 2.75) is 0 Å². The minimum atomic E-state index is -0.824. The molecule has 132 valence electrons. The van der Waals surface area contributed by atoms with Crippen molar-refractivity contribution in [1.29, 1.82) is 0 Å². The molecule has 26 heavy (non-hydrogen) atoms. The molecule has 11 nitrogen and oxygen atoms in total. The van der Waals surface area contributed by atoms with Crippen LogP contribution in [-0.2, 0) is 0 Å². The van der Waals surface area contributed by atoms with Gasteiger partial charge in [-0.2, -0.15) is 10.2 Å². The van der Waals surface area contributed by atoms with Gasteiger partial charge >= 0.3 is 6.03 Å². The quantitative estimate of drug-likeness (QED) is 0.461. The molecule has 0 aliphatic rings. The molecular weight excluding hydrogens is 344 g/mol. The van der Waals surface area contributed by atoms with E-state index in [1.807, 2.05) is 0 Å². The van der Waals surface area contributed by atoms with Crippen molar-refractivity contribution in [3.8, 4) is 0 Å². The van der Waals surface area contributed by atoms with Crippen LogP contribution in [0.4, 0.5) is 16.2 Å². The van der Waals surface area contributed by atoms with Gasteiger partial charge in [-0.15, -0.1) is 0 Å². The van der Waals surface area contributed by atoms with Crippen molar-refractivity contribution in [1.82, 2.24) is 10.9 Å². The Morgan fingerprint density at radius 2 is 1.19 bits per heavy atom. The van der Waals surface area contributed by atoms with Crippen molar-refractivity contribution in [3.05, 3.63) is 79.9 Å². The highest BCUT2D eigenvalue weighted by molar-refractivity contribution is 5.87. The van der Waals surface area contributed by atoms with Crippen LogP contribution in [0.1, 0.15) is 11.1 Å². The number of rotatable bonds is 6. The lowest BCUT2D eigenvalue weighted by Crippen LogP contribution is -2.28. The molecule has 0 saturated heterocycles. The summed E-state index contributed by atoms with van der Waals surface area (Å²) in [6, 6.07) is 10.9. The zero-order valence-electron chi connectivity index (χ0n) is 13.1. The number of benzene rings is 2. The van der Waals surface area contributed by atoms with Gasteiger partial charge < -0.3 is 0 Å². The Morgan fingerprint density at radius 1 is 0.808 bits per heavy atom. The second kappa shape index (κ2) is 8.63. The Bertz CT molecular complexity index is 824. The highest BCUT2D eigenvalue weighted by atomic mass is 16.6. The molecule has 2 N–H and O–H groups in total. The second-order valence-corrected chi connectivity index (χ2v) is 4.70. The number of carbonyl (C=O) groups excluding carboxylic acids is 1. The fourth-order valence-electron chi connectivity index (χ4n) is 1.87. The Morgan fingerprint density at radius 3 is 1.58 bits per heavy atom. The lowest BCUT2D eigenvalue weighted by Gasteiger charge is -1.99. The van der Waals surface area contributed by atoms with Gasteiger partial charge in [0.1, 0.15) is 0 Å². The lowest BCUT2D eigenvalue weighted by molar-refractivity contribution is -0.385. The molecule has 2 aromatic carbocycles. The molecular formula is C15H12N6O5. The number of urea groups is 1. The van der Waals surface area contributed by atoms with E-state index in [4.69, 9.17) is 0 Å². The summed E-state index contributed by atoms with van der Waals surface area (Å²) in [6.45, 7) is 0. The molecule has 2 rings (SSSR count). The molecule has 0 unspecified atom stereocenters. The predicted molar refractivity (Wildman–Crippen MR) is 93.0 cm³/mol. The summed E-state index contributed by atoms with van der Waals surface area (Å²) in [5.74, 6) is 0. The van der Waals surface area contributed by atoms with Gasteiger partial charge in [-0.25, -0.2) is 15.6 Å². The largest absolute Gasteiger partial charge is 0.355 e. The van der Waals surface area contributed by atoms with Crippen molar-refractivity contribution >= 4 is 29.8 Å². The molecule has 0 atom stereocenters. The Kier molecular flexibility index (Phi) is 6.04. The van der Waals surface area contributed by atoms with Crippen molar-refractivity contribution in [2.24, 2.45) is 10.2 Å². The third kappa shape index (κ3) is 4.92. The van der Waals surface area contributed by atoms with Crippen LogP contribution < -0.4 is 10.9 Å². The van der Waals surface area contributed by atoms with E-state index in [1.54, 1.807) is 12.1 Å². The average Bonchev–Trinajstić information content (AvgIpc) is 2.62. The second-order valence-electron chi connectivity index (χ2n) is 4.70. The van der Waals surface area contributed by atoms with Crippen molar-refractivity contribution in [2.75, 3.05) is 0 Å². The molecule has 0 heterocycles. The summed E-state index contributed by atoms with van der Waals surface area (Å²) in [5.41, 5.74) is 4.24. The van der Waals surface area contributed by atoms with E-state index in [1.165, 1.54) is 36.4 Å². The third-order valence-corrected chi connectivity index (χ3v) is 3.01. The van der Waals surface area contributed by atoms with Gasteiger partial charge in [0.2, 0.25) is 0 Å². The van der Waals surface area contributed by atoms with E-state index in [9.17, 15) is 25.0 Å². The highest BCUT2D eigenvalue weighted by Crippen LogP contribution is 2.15. The minimum Gasteiger partial charge on any atom is -0.258 e. The maximum Gasteiger partial charge on any atom is 0.355 e. The number of nitro benzene ring substituents is 2. The summed E-state index contributed by atoms with van der Waals surface area (Å²) < 4.78 is 0. The summed E-state index contributed by atoms with van der Waals surface area (Å²) in [5, 5.41) is 28.9. The zero-order valence-corrected chi connectivity index (χ0v) is 13.1. The van der Waals surface area contributed by atoms with Crippen LogP contribution in [0.2, 0.25) is 0 Å². The highest BCUT2D eigenvalue weighted by Gasteiger charge is 2.11. The first-order valence-electron chi connectivity index (χ1n) is 7.08. The first kappa shape index (κ1) is 18.2. The molecule has 0 fully saturated rings. The van der Waals surface area contributed by atoms with Crippen LogP contribution in [0.15, 0.2) is 58.7 Å². The van der Waals surface area contributed by atoms with Crippen LogP contribution >= 0.6 is 0 Å². The number of nitrogens with one attached hydrogen (secondary N) is 2. The number of hydrogen-bond donors (Lipinski definition) is 2. The minimum absolute atomic E-state index is 0.159. The summed E-state index contributed by atoms with van der Waals surface area (Å²) >= 11 is 0. The number of hydrogen-bond acceptors (Lipinski definition) is 7. The number of para-hydroxylation sites is 2. The number of amides is 2. The van der Waals surface area contributed by atoms with E-state index in [-0.39, 0.29) is 22.5 Å². The number of nitro groups is 2. The van der Waals surface area contributed by atoms with E-state index >= 15 is 0 Å². The van der Waals surface area contributed by atoms with Gasteiger partial charge in [-0.3, -0.25) is 20.2 Å². The molecule has 0 aliphatic heterocycles. The zero-order chi connectivity index (χ0) is 18.9. The normalized spacial score (nSPS) is 10.8. The molecule has 0 aliphatic carbocycles. The maximum atomic E-state index is 11.5. The Balaban J connectivity index is 1.94. The average molecular weight is 356 g/mol. The van der Waals surface area contributed by atoms with Crippen LogP contribution in [0.3, 0.4) is 0 Å². The monoisotopic (exact) mass is 356 g/mol. The summed E-state index contributed by atoms with van der Waals surface area (Å²) in [7, 11) is 0. The molecule has 0 saturated carbocycles. The molecule has 0 radical (unpaired) electrons. The van der Waals surface area contributed by atoms with Gasteiger partial charge in [0.25, 0.3) is 11.4 Å². The molecule has 0 aromatic heterocycles.